The van der Waals surface area contributed by atoms with Gasteiger partial charge in [-0.25, -0.2) is 0 Å². The quantitative estimate of drug-likeness (QED) is 0.793. The molecule has 0 spiro atoms. The monoisotopic (exact) mass is 230 g/mol. The molecule has 1 aromatic carbocycles. The fourth-order valence-electron chi connectivity index (χ4n) is 2.02. The summed E-state index contributed by atoms with van der Waals surface area (Å²) in [4.78, 5) is 11.7. The Morgan fingerprint density at radius 1 is 1.41 bits per heavy atom. The van der Waals surface area contributed by atoms with Crippen molar-refractivity contribution in [3.8, 4) is 0 Å². The third-order valence-corrected chi connectivity index (χ3v) is 3.07. The van der Waals surface area contributed by atoms with Gasteiger partial charge in [-0.1, -0.05) is 19.1 Å². The van der Waals surface area contributed by atoms with Crippen molar-refractivity contribution in [2.24, 2.45) is 11.0 Å². The highest BCUT2D eigenvalue weighted by atomic mass is 16.1. The molecule has 0 aromatic heterocycles. The van der Waals surface area contributed by atoms with Gasteiger partial charge in [-0.15, -0.1) is 0 Å². The van der Waals surface area contributed by atoms with Crippen LogP contribution in [0, 0.1) is 12.8 Å². The van der Waals surface area contributed by atoms with E-state index in [4.69, 9.17) is 0 Å². The van der Waals surface area contributed by atoms with Crippen LogP contribution in [-0.2, 0) is 4.79 Å². The van der Waals surface area contributed by atoms with Gasteiger partial charge >= 0.3 is 0 Å². The molecule has 1 aromatic rings. The van der Waals surface area contributed by atoms with Gasteiger partial charge < -0.3 is 0 Å². The second-order valence-corrected chi connectivity index (χ2v) is 4.81. The Kier molecular flexibility index (Phi) is 3.57. The maximum absolute atomic E-state index is 11.7. The molecular formula is C14H18N2O. The molecule has 3 nitrogen and oxygen atoms in total. The maximum Gasteiger partial charge on any atom is 0.179 e. The third kappa shape index (κ3) is 3.16. The molecule has 0 amide bonds. The Bertz CT molecular complexity index is 451. The lowest BCUT2D eigenvalue weighted by molar-refractivity contribution is -0.114. The van der Waals surface area contributed by atoms with Gasteiger partial charge in [-0.2, -0.15) is 5.10 Å². The van der Waals surface area contributed by atoms with E-state index >= 15 is 0 Å². The van der Waals surface area contributed by atoms with Crippen LogP contribution in [0.15, 0.2) is 29.4 Å². The van der Waals surface area contributed by atoms with Crippen molar-refractivity contribution in [3.63, 3.8) is 0 Å². The smallest absolute Gasteiger partial charge is 0.179 e. The van der Waals surface area contributed by atoms with E-state index in [0.29, 0.717) is 18.1 Å². The molecule has 1 aliphatic rings. The Morgan fingerprint density at radius 2 is 2.24 bits per heavy atom. The third-order valence-electron chi connectivity index (χ3n) is 3.07. The molecule has 1 N–H and O–H groups in total. The average molecular weight is 230 g/mol. The number of hydrogen-bond donors (Lipinski definition) is 1. The van der Waals surface area contributed by atoms with E-state index in [1.165, 1.54) is 5.56 Å². The summed E-state index contributed by atoms with van der Waals surface area (Å²) in [5.41, 5.74) is 5.77. The van der Waals surface area contributed by atoms with Crippen molar-refractivity contribution >= 4 is 17.2 Å². The molecular weight excluding hydrogens is 212 g/mol. The molecule has 1 atom stereocenters. The summed E-state index contributed by atoms with van der Waals surface area (Å²) in [6, 6.07) is 7.97. The van der Waals surface area contributed by atoms with Crippen LogP contribution in [0.2, 0.25) is 0 Å². The molecule has 0 heterocycles. The minimum Gasteiger partial charge on any atom is -0.293 e. The number of Topliss-reactive ketones (excluding diaryl/α,β-unsaturated/α-hetero) is 1. The Morgan fingerprint density at radius 3 is 2.94 bits per heavy atom. The van der Waals surface area contributed by atoms with E-state index in [0.717, 1.165) is 18.5 Å². The van der Waals surface area contributed by atoms with Crippen molar-refractivity contribution in [1.29, 1.82) is 0 Å². The first-order chi connectivity index (χ1) is 8.15. The lowest BCUT2D eigenvalue weighted by atomic mass is 9.88. The van der Waals surface area contributed by atoms with Gasteiger partial charge in [0, 0.05) is 6.42 Å². The number of carbonyl (C=O) groups excluding carboxylic acids is 1. The zero-order chi connectivity index (χ0) is 12.3. The summed E-state index contributed by atoms with van der Waals surface area (Å²) in [5, 5.41) is 4.23. The van der Waals surface area contributed by atoms with Crippen molar-refractivity contribution in [1.82, 2.24) is 0 Å². The molecule has 0 radical (unpaired) electrons. The molecule has 1 unspecified atom stereocenters. The zero-order valence-corrected chi connectivity index (χ0v) is 10.4. The normalized spacial score (nSPS) is 22.8. The number of anilines is 1. The predicted octanol–water partition coefficient (Wildman–Crippen LogP) is 3.15. The van der Waals surface area contributed by atoms with Crippen LogP contribution in [0.3, 0.4) is 0 Å². The van der Waals surface area contributed by atoms with Gasteiger partial charge in [-0.3, -0.25) is 10.2 Å². The highest BCUT2D eigenvalue weighted by Crippen LogP contribution is 2.19. The van der Waals surface area contributed by atoms with Crippen LogP contribution in [-0.4, -0.2) is 11.5 Å². The van der Waals surface area contributed by atoms with Crippen LogP contribution >= 0.6 is 0 Å². The van der Waals surface area contributed by atoms with Crippen LogP contribution < -0.4 is 5.43 Å². The van der Waals surface area contributed by atoms with Crippen molar-refractivity contribution in [3.05, 3.63) is 29.8 Å². The lowest BCUT2D eigenvalue weighted by Gasteiger charge is -2.17. The van der Waals surface area contributed by atoms with Crippen LogP contribution in [0.4, 0.5) is 5.69 Å². The first kappa shape index (κ1) is 11.8. The molecule has 1 aliphatic carbocycles. The second-order valence-electron chi connectivity index (χ2n) is 4.81. The summed E-state index contributed by atoms with van der Waals surface area (Å²) >= 11 is 0. The number of carbonyl (C=O) groups is 1. The van der Waals surface area contributed by atoms with Crippen molar-refractivity contribution in [2.45, 2.75) is 33.1 Å². The summed E-state index contributed by atoms with van der Waals surface area (Å²) in [7, 11) is 0. The van der Waals surface area contributed by atoms with Gasteiger partial charge in [0.25, 0.3) is 0 Å². The molecule has 1 fully saturated rings. The van der Waals surface area contributed by atoms with Crippen molar-refractivity contribution < 1.29 is 4.79 Å². The fraction of sp³-hybridized carbons (Fsp3) is 0.429. The van der Waals surface area contributed by atoms with Crippen LogP contribution in [0.1, 0.15) is 31.7 Å². The summed E-state index contributed by atoms with van der Waals surface area (Å²) in [6.45, 7) is 4.15. The number of nitrogens with one attached hydrogen (secondary N) is 1. The van der Waals surface area contributed by atoms with E-state index in [-0.39, 0.29) is 5.78 Å². The fourth-order valence-corrected chi connectivity index (χ4v) is 2.02. The van der Waals surface area contributed by atoms with E-state index in [1.54, 1.807) is 0 Å². The first-order valence-corrected chi connectivity index (χ1v) is 6.07. The zero-order valence-electron chi connectivity index (χ0n) is 10.4. The van der Waals surface area contributed by atoms with Gasteiger partial charge in [-0.05, 0) is 43.4 Å². The van der Waals surface area contributed by atoms with E-state index in [1.807, 2.05) is 31.2 Å². The van der Waals surface area contributed by atoms with E-state index < -0.39 is 0 Å². The summed E-state index contributed by atoms with van der Waals surface area (Å²) in [5.74, 6) is 0.685. The lowest BCUT2D eigenvalue weighted by Crippen LogP contribution is -2.24. The summed E-state index contributed by atoms with van der Waals surface area (Å²) < 4.78 is 0. The highest BCUT2D eigenvalue weighted by Gasteiger charge is 2.21. The largest absolute Gasteiger partial charge is 0.293 e. The van der Waals surface area contributed by atoms with Crippen LogP contribution in [0.25, 0.3) is 0 Å². The highest BCUT2D eigenvalue weighted by molar-refractivity contribution is 6.40. The molecule has 17 heavy (non-hydrogen) atoms. The minimum atomic E-state index is 0.184. The number of ketones is 1. The molecule has 3 heteroatoms. The standard InChI is InChI=1S/C14H18N2O/c1-10-4-3-5-12(8-10)15-16-13-7-6-11(2)9-14(13)17/h3-5,8,11,15H,6-7,9H2,1-2H3/b16-13+. The van der Waals surface area contributed by atoms with E-state index in [9.17, 15) is 4.79 Å². The van der Waals surface area contributed by atoms with Crippen molar-refractivity contribution in [2.75, 3.05) is 5.43 Å². The predicted molar refractivity (Wildman–Crippen MR) is 70.3 cm³/mol. The maximum atomic E-state index is 11.7. The van der Waals surface area contributed by atoms with E-state index in [2.05, 4.69) is 17.5 Å². The topological polar surface area (TPSA) is 41.5 Å². The molecule has 1 saturated carbocycles. The molecule has 0 bridgehead atoms. The number of aryl methyl sites for hydroxylation is 1. The SMILES string of the molecule is Cc1cccc(N/N=C2\CCC(C)CC2=O)c1. The first-order valence-electron chi connectivity index (χ1n) is 6.07. The Balaban J connectivity index is 2.03. The number of hydrazone groups is 1. The number of hydrogen-bond acceptors (Lipinski definition) is 3. The molecule has 0 aliphatic heterocycles. The van der Waals surface area contributed by atoms with Gasteiger partial charge in [0.2, 0.25) is 0 Å². The Labute approximate surface area is 102 Å². The molecule has 2 rings (SSSR count). The summed E-state index contributed by atoms with van der Waals surface area (Å²) in [6.07, 6.45) is 2.48. The minimum absolute atomic E-state index is 0.184. The van der Waals surface area contributed by atoms with Gasteiger partial charge in [0.1, 0.15) is 5.71 Å². The second kappa shape index (κ2) is 5.13. The average Bonchev–Trinajstić information content (AvgIpc) is 2.28. The molecule has 90 valence electrons. The molecule has 0 saturated heterocycles. The number of nitrogens with zero attached hydrogens (tertiary/aromatic N) is 1. The number of benzene rings is 1. The van der Waals surface area contributed by atoms with Gasteiger partial charge in [0.05, 0.1) is 5.69 Å². The Hall–Kier alpha value is -1.64. The van der Waals surface area contributed by atoms with Crippen LogP contribution in [0.5, 0.6) is 0 Å². The number of rotatable bonds is 2. The van der Waals surface area contributed by atoms with Gasteiger partial charge in [0.15, 0.2) is 5.78 Å².